The SMILES string of the molecule is Nc1ncccc1-c1nc2ccc(-c3cccc(CCCC(=O)CCCCCNc4cccc5c4C(=O)N(C4CCC(=O)NC4=O)C5=O)c3)nc2n1-c1ccc(C2(N)CCC2)cc1. The first kappa shape index (κ1) is 41.3. The van der Waals surface area contributed by atoms with Crippen LogP contribution in [0.4, 0.5) is 11.5 Å². The van der Waals surface area contributed by atoms with Gasteiger partial charge in [0.15, 0.2) is 11.5 Å². The Morgan fingerprint density at radius 1 is 0.841 bits per heavy atom. The van der Waals surface area contributed by atoms with Gasteiger partial charge in [-0.15, -0.1) is 0 Å². The van der Waals surface area contributed by atoms with Crippen LogP contribution in [-0.2, 0) is 26.3 Å². The number of benzene rings is 3. The lowest BCUT2D eigenvalue weighted by Crippen LogP contribution is -2.54. The molecule has 1 atom stereocenters. The van der Waals surface area contributed by atoms with Crippen LogP contribution >= 0.6 is 0 Å². The average molecular weight is 844 g/mol. The highest BCUT2D eigenvalue weighted by molar-refractivity contribution is 6.25. The summed E-state index contributed by atoms with van der Waals surface area (Å²) in [4.78, 5) is 78.9. The number of hydrogen-bond donors (Lipinski definition) is 4. The van der Waals surface area contributed by atoms with E-state index in [1.54, 1.807) is 24.4 Å². The fourth-order valence-electron chi connectivity index (χ4n) is 8.95. The van der Waals surface area contributed by atoms with Gasteiger partial charge in [-0.3, -0.25) is 38.8 Å². The lowest BCUT2D eigenvalue weighted by molar-refractivity contribution is -0.136. The lowest BCUT2D eigenvalue weighted by Gasteiger charge is -2.38. The Labute approximate surface area is 364 Å². The van der Waals surface area contributed by atoms with Crippen LogP contribution in [0.5, 0.6) is 0 Å². The molecule has 63 heavy (non-hydrogen) atoms. The van der Waals surface area contributed by atoms with E-state index < -0.39 is 29.7 Å². The normalized spacial score (nSPS) is 16.8. The zero-order valence-corrected chi connectivity index (χ0v) is 34.9. The van der Waals surface area contributed by atoms with Crippen molar-refractivity contribution in [3.05, 3.63) is 119 Å². The Bertz CT molecular complexity index is 2780. The molecule has 6 aromatic rings. The first-order valence-electron chi connectivity index (χ1n) is 21.8. The van der Waals surface area contributed by atoms with Gasteiger partial charge >= 0.3 is 0 Å². The number of piperidine rings is 1. The molecule has 14 heteroatoms. The number of fused-ring (bicyclic) bond motifs is 2. The number of anilines is 2. The molecule has 0 bridgehead atoms. The number of Topliss-reactive ketones (excluding diaryl/α,β-unsaturated/α-hetero) is 1. The third kappa shape index (κ3) is 8.21. The van der Waals surface area contributed by atoms with Crippen molar-refractivity contribution in [1.29, 1.82) is 0 Å². The third-order valence-corrected chi connectivity index (χ3v) is 12.6. The fraction of sp³-hybridized carbons (Fsp3) is 0.306. The number of carbonyl (C=O) groups is 5. The van der Waals surface area contributed by atoms with E-state index in [0.717, 1.165) is 95.4 Å². The number of nitrogens with two attached hydrogens (primary N) is 2. The third-order valence-electron chi connectivity index (χ3n) is 12.6. The Kier molecular flexibility index (Phi) is 11.4. The summed E-state index contributed by atoms with van der Waals surface area (Å²) in [5, 5.41) is 5.50. The van der Waals surface area contributed by atoms with Crippen molar-refractivity contribution in [3.63, 3.8) is 0 Å². The van der Waals surface area contributed by atoms with E-state index in [-0.39, 0.29) is 35.3 Å². The van der Waals surface area contributed by atoms with Gasteiger partial charge in [0.1, 0.15) is 23.2 Å². The number of nitrogens with zero attached hydrogens (tertiary/aromatic N) is 5. The van der Waals surface area contributed by atoms with E-state index >= 15 is 0 Å². The Morgan fingerprint density at radius 2 is 1.63 bits per heavy atom. The molecule has 5 heterocycles. The predicted octanol–water partition coefficient (Wildman–Crippen LogP) is 7.04. The van der Waals surface area contributed by atoms with Gasteiger partial charge in [-0.25, -0.2) is 15.0 Å². The molecule has 0 radical (unpaired) electrons. The molecule has 320 valence electrons. The van der Waals surface area contributed by atoms with E-state index in [0.29, 0.717) is 42.4 Å². The second kappa shape index (κ2) is 17.4. The van der Waals surface area contributed by atoms with Crippen LogP contribution in [0.2, 0.25) is 0 Å². The molecule has 1 aliphatic carbocycles. The highest BCUT2D eigenvalue weighted by Gasteiger charge is 2.45. The summed E-state index contributed by atoms with van der Waals surface area (Å²) in [6.07, 6.45) is 9.75. The number of ketones is 1. The molecular weight excluding hydrogens is 795 g/mol. The highest BCUT2D eigenvalue weighted by Crippen LogP contribution is 2.40. The highest BCUT2D eigenvalue weighted by atomic mass is 16.2. The Hall–Kier alpha value is -7.06. The fourth-order valence-corrected chi connectivity index (χ4v) is 8.95. The molecule has 3 aromatic carbocycles. The quantitative estimate of drug-likeness (QED) is 0.0574. The second-order valence-corrected chi connectivity index (χ2v) is 16.8. The molecule has 1 saturated carbocycles. The van der Waals surface area contributed by atoms with E-state index in [1.165, 1.54) is 0 Å². The van der Waals surface area contributed by atoms with Crippen molar-refractivity contribution < 1.29 is 24.0 Å². The Morgan fingerprint density at radius 3 is 2.41 bits per heavy atom. The maximum absolute atomic E-state index is 13.4. The van der Waals surface area contributed by atoms with Crippen LogP contribution in [0.15, 0.2) is 97.2 Å². The molecular formula is C49H49N9O5. The molecule has 2 fully saturated rings. The van der Waals surface area contributed by atoms with Gasteiger partial charge in [0, 0.05) is 54.5 Å². The van der Waals surface area contributed by atoms with Crippen LogP contribution in [0, 0.1) is 0 Å². The molecule has 1 saturated heterocycles. The first-order valence-corrected chi connectivity index (χ1v) is 21.8. The Balaban J connectivity index is 0.786. The van der Waals surface area contributed by atoms with Gasteiger partial charge in [-0.2, -0.15) is 0 Å². The van der Waals surface area contributed by atoms with Crippen molar-refractivity contribution in [2.75, 3.05) is 17.6 Å². The number of pyridine rings is 2. The average Bonchev–Trinajstić information content (AvgIpc) is 3.78. The minimum Gasteiger partial charge on any atom is -0.384 e. The molecule has 1 unspecified atom stereocenters. The second-order valence-electron chi connectivity index (χ2n) is 16.8. The van der Waals surface area contributed by atoms with Crippen molar-refractivity contribution >= 4 is 52.1 Å². The van der Waals surface area contributed by atoms with Gasteiger partial charge in [-0.1, -0.05) is 42.8 Å². The van der Waals surface area contributed by atoms with E-state index in [9.17, 15) is 24.0 Å². The number of unbranched alkanes of at least 4 members (excludes halogenated alkanes) is 2. The molecule has 14 nitrogen and oxygen atoms in total. The maximum atomic E-state index is 13.4. The summed E-state index contributed by atoms with van der Waals surface area (Å²) in [5.41, 5.74) is 20.8. The van der Waals surface area contributed by atoms with E-state index in [1.807, 2.05) is 41.0 Å². The minimum absolute atomic E-state index is 0.0657. The molecule has 2 aliphatic heterocycles. The van der Waals surface area contributed by atoms with Crippen LogP contribution < -0.4 is 22.1 Å². The first-order chi connectivity index (χ1) is 30.6. The molecule has 4 amide bonds. The number of imide groups is 2. The standard InChI is InChI=1S/C49H49N9O5/c50-43-36(15-7-28-53-43)44-55-39-22-21-37(54-45(39)57(44)33-19-17-32(18-20-33)49(51)25-8-26-49)31-11-4-9-30(29-31)10-5-13-34(59)12-2-1-3-27-52-38-16-6-14-35-42(38)48(63)58(47(35)62)40-23-24-41(60)56-46(40)61/h4,6-7,9,11,14-22,28-29,40,52H,1-3,5,8,10,12-13,23-27,51H2,(H2,50,53)(H,56,60,61). The number of rotatable bonds is 16. The molecule has 3 aromatic heterocycles. The summed E-state index contributed by atoms with van der Waals surface area (Å²) in [5.74, 6) is -0.859. The molecule has 3 aliphatic rings. The smallest absolute Gasteiger partial charge is 0.264 e. The van der Waals surface area contributed by atoms with Crippen molar-refractivity contribution in [2.45, 2.75) is 88.6 Å². The summed E-state index contributed by atoms with van der Waals surface area (Å²) >= 11 is 0. The number of carbonyl (C=O) groups excluding carboxylic acids is 5. The summed E-state index contributed by atoms with van der Waals surface area (Å²) in [7, 11) is 0. The van der Waals surface area contributed by atoms with Gasteiger partial charge in [0.05, 0.1) is 22.4 Å². The largest absolute Gasteiger partial charge is 0.384 e. The van der Waals surface area contributed by atoms with Gasteiger partial charge in [-0.05, 0) is 117 Å². The van der Waals surface area contributed by atoms with Crippen LogP contribution in [0.25, 0.3) is 39.5 Å². The van der Waals surface area contributed by atoms with Crippen molar-refractivity contribution in [1.82, 2.24) is 29.7 Å². The minimum atomic E-state index is -1.01. The lowest BCUT2D eigenvalue weighted by atomic mass is 9.73. The monoisotopic (exact) mass is 843 g/mol. The number of aryl methyl sites for hydroxylation is 1. The number of amides is 4. The van der Waals surface area contributed by atoms with Crippen molar-refractivity contribution in [3.8, 4) is 28.3 Å². The molecule has 0 spiro atoms. The summed E-state index contributed by atoms with van der Waals surface area (Å²) < 4.78 is 2.03. The number of imidazole rings is 1. The van der Waals surface area contributed by atoms with Crippen LogP contribution in [-0.4, -0.2) is 66.4 Å². The van der Waals surface area contributed by atoms with Crippen LogP contribution in [0.1, 0.15) is 102 Å². The van der Waals surface area contributed by atoms with E-state index in [2.05, 4.69) is 52.0 Å². The summed E-state index contributed by atoms with van der Waals surface area (Å²) in [6.45, 7) is 0.549. The van der Waals surface area contributed by atoms with Gasteiger partial charge < -0.3 is 16.8 Å². The van der Waals surface area contributed by atoms with E-state index in [4.69, 9.17) is 21.4 Å². The molecule has 9 rings (SSSR count). The maximum Gasteiger partial charge on any atom is 0.264 e. The zero-order valence-electron chi connectivity index (χ0n) is 34.9. The predicted molar refractivity (Wildman–Crippen MR) is 240 cm³/mol. The van der Waals surface area contributed by atoms with Gasteiger partial charge in [0.25, 0.3) is 11.8 Å². The van der Waals surface area contributed by atoms with Crippen molar-refractivity contribution in [2.24, 2.45) is 5.73 Å². The zero-order chi connectivity index (χ0) is 43.7. The summed E-state index contributed by atoms with van der Waals surface area (Å²) in [6, 6.07) is 28.4. The number of nitrogens with one attached hydrogen (secondary N) is 2. The van der Waals surface area contributed by atoms with Crippen LogP contribution in [0.3, 0.4) is 0 Å². The number of hydrogen-bond acceptors (Lipinski definition) is 11. The van der Waals surface area contributed by atoms with Gasteiger partial charge in [0.2, 0.25) is 11.8 Å². The molecule has 6 N–H and O–H groups in total. The number of aromatic nitrogens is 4. The topological polar surface area (TPSA) is 208 Å². The number of nitrogen functional groups attached to an aromatic ring is 1.